The van der Waals surface area contributed by atoms with Gasteiger partial charge in [-0.15, -0.1) is 0 Å². The first-order valence-electron chi connectivity index (χ1n) is 13.3. The van der Waals surface area contributed by atoms with E-state index < -0.39 is 10.0 Å². The smallest absolute Gasteiger partial charge is 0.263 e. The van der Waals surface area contributed by atoms with Gasteiger partial charge in [0.05, 0.1) is 29.6 Å². The Morgan fingerprint density at radius 3 is 2.51 bits per heavy atom. The van der Waals surface area contributed by atoms with Gasteiger partial charge in [0.15, 0.2) is 11.6 Å². The third-order valence-corrected chi connectivity index (χ3v) is 8.06. The summed E-state index contributed by atoms with van der Waals surface area (Å²) in [5.74, 6) is 0.784. The number of methoxy groups -OCH3 is 1. The number of nitrogens with one attached hydrogen (secondary N) is 3. The molecule has 2 heterocycles. The molecule has 1 amide bonds. The zero-order chi connectivity index (χ0) is 29.0. The monoisotopic (exact) mass is 576 g/mol. The third-order valence-electron chi connectivity index (χ3n) is 6.73. The number of anilines is 4. The molecule has 12 heteroatoms. The number of amides is 1. The largest absolute Gasteiger partial charge is 0.508 e. The van der Waals surface area contributed by atoms with Crippen molar-refractivity contribution in [2.45, 2.75) is 24.7 Å². The quantitative estimate of drug-likeness (QED) is 0.225. The summed E-state index contributed by atoms with van der Waals surface area (Å²) in [4.78, 5) is 23.8. The number of aromatic nitrogens is 2. The second kappa shape index (κ2) is 12.0. The lowest BCUT2D eigenvalue weighted by atomic mass is 10.0. The van der Waals surface area contributed by atoms with Gasteiger partial charge >= 0.3 is 0 Å². The lowest BCUT2D eigenvalue weighted by molar-refractivity contribution is -0.117. The number of nitrogens with zero attached hydrogens (tertiary/aromatic N) is 3. The molecule has 0 radical (unpaired) electrons. The molecule has 4 aromatic rings. The molecule has 1 atom stereocenters. The van der Waals surface area contributed by atoms with E-state index in [2.05, 4.69) is 37.1 Å². The standard InChI is InChI=1S/C29H32N6O5S/c1-19-7-6-12-35(17-19)18-27(37)30-20-8-5-9-24(15-20)41(38,39)34-29-28(32-25-10-3-4-11-26(25)33-29)31-21-13-22(36)16-23(14-21)40-2/h3-5,8-11,13-16,19,36H,6-7,12,17-18H2,1-2H3,(H,30,37)(H,31,32)(H,33,34). The number of piperidine rings is 1. The van der Waals surface area contributed by atoms with E-state index in [9.17, 15) is 18.3 Å². The van der Waals surface area contributed by atoms with Gasteiger partial charge in [0, 0.05) is 36.1 Å². The lowest BCUT2D eigenvalue weighted by Crippen LogP contribution is -2.39. The van der Waals surface area contributed by atoms with Crippen molar-refractivity contribution in [3.05, 3.63) is 66.7 Å². The van der Waals surface area contributed by atoms with Crippen LogP contribution in [0.2, 0.25) is 0 Å². The summed E-state index contributed by atoms with van der Waals surface area (Å²) in [5.41, 5.74) is 1.81. The van der Waals surface area contributed by atoms with E-state index in [1.165, 1.54) is 31.4 Å². The van der Waals surface area contributed by atoms with Gasteiger partial charge in [-0.3, -0.25) is 14.4 Å². The van der Waals surface area contributed by atoms with Crippen LogP contribution in [0.1, 0.15) is 19.8 Å². The van der Waals surface area contributed by atoms with Crippen molar-refractivity contribution in [2.75, 3.05) is 42.1 Å². The van der Waals surface area contributed by atoms with Gasteiger partial charge in [0.25, 0.3) is 10.0 Å². The maximum Gasteiger partial charge on any atom is 0.263 e. The van der Waals surface area contributed by atoms with Gasteiger partial charge in [0.2, 0.25) is 5.91 Å². The number of aromatic hydroxyl groups is 1. The van der Waals surface area contributed by atoms with E-state index >= 15 is 0 Å². The van der Waals surface area contributed by atoms with Crippen molar-refractivity contribution in [2.24, 2.45) is 5.92 Å². The minimum absolute atomic E-state index is 0.0420. The van der Waals surface area contributed by atoms with Gasteiger partial charge in [-0.25, -0.2) is 18.4 Å². The minimum Gasteiger partial charge on any atom is -0.508 e. The minimum atomic E-state index is -4.14. The van der Waals surface area contributed by atoms with Crippen molar-refractivity contribution in [1.82, 2.24) is 14.9 Å². The molecule has 0 aliphatic carbocycles. The summed E-state index contributed by atoms with van der Waals surface area (Å²) in [6, 6.07) is 17.6. The van der Waals surface area contributed by atoms with Crippen LogP contribution in [0.4, 0.5) is 23.0 Å². The lowest BCUT2D eigenvalue weighted by Gasteiger charge is -2.30. The van der Waals surface area contributed by atoms with Crippen molar-refractivity contribution >= 4 is 50.0 Å². The summed E-state index contributed by atoms with van der Waals surface area (Å²) in [7, 11) is -2.67. The number of hydrogen-bond donors (Lipinski definition) is 4. The van der Waals surface area contributed by atoms with Gasteiger partial charge < -0.3 is 20.5 Å². The SMILES string of the molecule is COc1cc(O)cc(Nc2nc3ccccc3nc2NS(=O)(=O)c2cccc(NC(=O)CN3CCCC(C)C3)c2)c1. The fraction of sp³-hybridized carbons (Fsp3) is 0.276. The molecular formula is C29H32N6O5S. The summed E-state index contributed by atoms with van der Waals surface area (Å²) in [6.07, 6.45) is 2.22. The Morgan fingerprint density at radius 2 is 1.78 bits per heavy atom. The Labute approximate surface area is 238 Å². The van der Waals surface area contributed by atoms with Crippen LogP contribution in [-0.2, 0) is 14.8 Å². The van der Waals surface area contributed by atoms with Crippen LogP contribution in [0.15, 0.2) is 71.6 Å². The van der Waals surface area contributed by atoms with E-state index in [-0.39, 0.29) is 34.7 Å². The molecule has 11 nitrogen and oxygen atoms in total. The highest BCUT2D eigenvalue weighted by Gasteiger charge is 2.21. The Kier molecular flexibility index (Phi) is 8.22. The Hall–Kier alpha value is -4.42. The second-order valence-corrected chi connectivity index (χ2v) is 11.8. The van der Waals surface area contributed by atoms with Gasteiger partial charge in [0.1, 0.15) is 11.5 Å². The molecule has 41 heavy (non-hydrogen) atoms. The number of carbonyl (C=O) groups excluding carboxylic acids is 1. The molecule has 5 rings (SSSR count). The third kappa shape index (κ3) is 7.02. The Morgan fingerprint density at radius 1 is 1.02 bits per heavy atom. The van der Waals surface area contributed by atoms with E-state index in [0.29, 0.717) is 34.1 Å². The van der Waals surface area contributed by atoms with E-state index in [1.807, 2.05) is 0 Å². The highest BCUT2D eigenvalue weighted by Crippen LogP contribution is 2.31. The van der Waals surface area contributed by atoms with Crippen LogP contribution in [0.3, 0.4) is 0 Å². The summed E-state index contributed by atoms with van der Waals surface area (Å²) in [6.45, 7) is 4.16. The first-order valence-corrected chi connectivity index (χ1v) is 14.7. The number of fused-ring (bicyclic) bond motifs is 1. The highest BCUT2D eigenvalue weighted by atomic mass is 32.2. The van der Waals surface area contributed by atoms with Gasteiger partial charge in [-0.2, -0.15) is 0 Å². The molecule has 1 aliphatic rings. The van der Waals surface area contributed by atoms with Crippen LogP contribution >= 0.6 is 0 Å². The highest BCUT2D eigenvalue weighted by molar-refractivity contribution is 7.92. The normalized spacial score (nSPS) is 15.8. The molecule has 0 saturated carbocycles. The van der Waals surface area contributed by atoms with Gasteiger partial charge in [-0.05, 0) is 55.6 Å². The Balaban J connectivity index is 1.39. The van der Waals surface area contributed by atoms with Crippen molar-refractivity contribution < 1.29 is 23.1 Å². The summed E-state index contributed by atoms with van der Waals surface area (Å²) in [5, 5.41) is 15.9. The van der Waals surface area contributed by atoms with Crippen molar-refractivity contribution in [3.63, 3.8) is 0 Å². The average molecular weight is 577 g/mol. The summed E-state index contributed by atoms with van der Waals surface area (Å²) >= 11 is 0. The number of phenolic OH excluding ortho intramolecular Hbond substituents is 1. The summed E-state index contributed by atoms with van der Waals surface area (Å²) < 4.78 is 34.7. The maximum atomic E-state index is 13.5. The predicted octanol–water partition coefficient (Wildman–Crippen LogP) is 4.56. The second-order valence-electron chi connectivity index (χ2n) is 10.1. The number of rotatable bonds is 9. The predicted molar refractivity (Wildman–Crippen MR) is 158 cm³/mol. The number of likely N-dealkylation sites (tertiary alicyclic amines) is 1. The molecule has 1 saturated heterocycles. The maximum absolute atomic E-state index is 13.5. The van der Waals surface area contributed by atoms with Crippen LogP contribution in [-0.4, -0.2) is 61.0 Å². The molecule has 0 bridgehead atoms. The van der Waals surface area contributed by atoms with E-state index in [1.54, 1.807) is 42.5 Å². The zero-order valence-electron chi connectivity index (χ0n) is 22.8. The molecule has 1 aliphatic heterocycles. The Bertz CT molecular complexity index is 1680. The van der Waals surface area contributed by atoms with Crippen LogP contribution < -0.4 is 20.1 Å². The number of benzene rings is 3. The van der Waals surface area contributed by atoms with Crippen LogP contribution in [0.25, 0.3) is 11.0 Å². The average Bonchev–Trinajstić information content (AvgIpc) is 2.93. The van der Waals surface area contributed by atoms with E-state index in [0.717, 1.165) is 25.9 Å². The van der Waals surface area contributed by atoms with Crippen molar-refractivity contribution in [1.29, 1.82) is 0 Å². The molecule has 1 unspecified atom stereocenters. The first-order chi connectivity index (χ1) is 19.7. The van der Waals surface area contributed by atoms with Crippen LogP contribution in [0.5, 0.6) is 11.5 Å². The first kappa shape index (κ1) is 28.1. The fourth-order valence-corrected chi connectivity index (χ4v) is 5.88. The molecule has 1 fully saturated rings. The van der Waals surface area contributed by atoms with Crippen LogP contribution in [0, 0.1) is 5.92 Å². The van der Waals surface area contributed by atoms with Gasteiger partial charge in [-0.1, -0.05) is 25.1 Å². The van der Waals surface area contributed by atoms with Crippen molar-refractivity contribution in [3.8, 4) is 11.5 Å². The molecule has 0 spiro atoms. The number of hydrogen-bond acceptors (Lipinski definition) is 9. The fourth-order valence-electron chi connectivity index (χ4n) is 4.83. The van der Waals surface area contributed by atoms with E-state index in [4.69, 9.17) is 4.74 Å². The number of sulfonamides is 1. The number of para-hydroxylation sites is 2. The number of ether oxygens (including phenoxy) is 1. The number of phenols is 1. The molecule has 4 N–H and O–H groups in total. The topological polar surface area (TPSA) is 146 Å². The zero-order valence-corrected chi connectivity index (χ0v) is 23.6. The molecule has 1 aromatic heterocycles. The molecular weight excluding hydrogens is 544 g/mol. The molecule has 3 aromatic carbocycles. The molecule has 214 valence electrons. The number of carbonyl (C=O) groups is 1.